The molecule has 0 spiro atoms. The number of carbonyl (C=O) groups excluding carboxylic acids is 6. The van der Waals surface area contributed by atoms with Gasteiger partial charge in [0.1, 0.15) is 43.7 Å². The first kappa shape index (κ1) is 113. The minimum atomic E-state index is -0.0707. The fourth-order valence-corrected chi connectivity index (χ4v) is 20.9. The molecule has 0 bridgehead atoms. The number of amides is 4. The van der Waals surface area contributed by atoms with Crippen LogP contribution in [0.25, 0.3) is 0 Å². The Balaban J connectivity index is 0.000000221. The summed E-state index contributed by atoms with van der Waals surface area (Å²) >= 11 is 0. The number of nitrogens with zero attached hydrogens (tertiary/aromatic N) is 9. The molecule has 18 rings (SSSR count). The van der Waals surface area contributed by atoms with Gasteiger partial charge in [-0.05, 0) is 225 Å². The van der Waals surface area contributed by atoms with Gasteiger partial charge in [0.2, 0.25) is 0 Å². The summed E-state index contributed by atoms with van der Waals surface area (Å²) in [4.78, 5) is 103. The van der Waals surface area contributed by atoms with Gasteiger partial charge in [-0.2, -0.15) is 0 Å². The molecule has 150 heavy (non-hydrogen) atoms. The number of Topliss-reactive ketones (excluding diaryl/α,β-unsaturated/α-hetero) is 2. The number of ether oxygens (including phenoxy) is 12. The predicted octanol–water partition coefficient (Wildman–Crippen LogP) is 16.0. The summed E-state index contributed by atoms with van der Waals surface area (Å²) in [6.07, 6.45) is 6.83. The van der Waals surface area contributed by atoms with Gasteiger partial charge < -0.3 is 112 Å². The van der Waals surface area contributed by atoms with Crippen molar-refractivity contribution in [2.24, 2.45) is 4.99 Å². The number of hydrogen-bond acceptors (Lipinski definition) is 26. The Hall–Kier alpha value is -11.4. The average molecular weight is 2190 g/mol. The summed E-state index contributed by atoms with van der Waals surface area (Å²) < 4.78 is 72.2. The molecule has 0 aliphatic carbocycles. The molecule has 2 radical (unpaired) electrons. The van der Waals surface area contributed by atoms with Crippen molar-refractivity contribution in [3.63, 3.8) is 0 Å². The van der Waals surface area contributed by atoms with Gasteiger partial charge in [0.15, 0.2) is 28.8 Å². The molecule has 3 N–H and O–H groups in total. The van der Waals surface area contributed by atoms with Crippen molar-refractivity contribution in [2.45, 2.75) is 156 Å². The van der Waals surface area contributed by atoms with Crippen LogP contribution in [-0.4, -0.2) is 253 Å². The van der Waals surface area contributed by atoms with E-state index in [0.717, 1.165) is 88.4 Å². The Kier molecular flexibility index (Phi) is 41.1. The number of likely N-dealkylation sites (N-methyl/N-ethyl adjacent to an activating group) is 3. The van der Waals surface area contributed by atoms with E-state index in [9.17, 15) is 28.8 Å². The number of benzene rings is 10. The molecular formula is C118H140N12O18Y2-2. The minimum absolute atomic E-state index is 0. The van der Waals surface area contributed by atoms with Crippen molar-refractivity contribution in [3.05, 3.63) is 295 Å². The number of carbonyl (C=O) groups is 6. The average Bonchev–Trinajstić information content (AvgIpc) is 1.62. The van der Waals surface area contributed by atoms with Crippen LogP contribution in [0, 0.1) is 26.9 Å². The summed E-state index contributed by atoms with van der Waals surface area (Å²) in [5.41, 5.74) is 22.2. The van der Waals surface area contributed by atoms with Crippen molar-refractivity contribution < 1.29 is 151 Å². The van der Waals surface area contributed by atoms with Gasteiger partial charge in [0.05, 0.1) is 139 Å². The molecule has 30 nitrogen and oxygen atoms in total. The molecule has 10 aromatic carbocycles. The summed E-state index contributed by atoms with van der Waals surface area (Å²) in [5, 5.41) is 10.3. The van der Waals surface area contributed by atoms with Gasteiger partial charge >= 0.3 is 0 Å². The van der Waals surface area contributed by atoms with Gasteiger partial charge in [0.25, 0.3) is 23.6 Å². The van der Waals surface area contributed by atoms with Crippen LogP contribution in [0.5, 0.6) is 34.5 Å². The third-order valence-corrected chi connectivity index (χ3v) is 28.8. The van der Waals surface area contributed by atoms with Gasteiger partial charge in [-0.25, -0.2) is 13.1 Å². The summed E-state index contributed by atoms with van der Waals surface area (Å²) in [5.74, 6) is 3.45. The van der Waals surface area contributed by atoms with E-state index in [1.54, 1.807) is 46.8 Å². The Morgan fingerprint density at radius 1 is 0.413 bits per heavy atom. The standard InChI is InChI=1S/C59H71N6O9.C59H69N6O9.2Y/c2*1-6-60-34-50(66)16-11-17-63(18-19-71-22-23-72-21-20-69-4)47-26-41(38-73-55-32-54-52(24-40(55)2)59(68)65-36-46-15-10-8-13-44(46)29-49(65)37-62(54)3)25-42(27-47)39-74-57-31-53-51(30-56(57)70-5)58(67)64-35-45-14-9-7-12-43(45)28-48(64)33-61-53;;/h7-10,12-15,24-27,30-32,37,48-49,60-61H,6,11,16-23,28-29,33-36,38-39H2,1-5H3;6-10,12-15,24-27,30-32,37,48-49,61H,11,16-23,28-29,33-36,38-39H2,1-5H3;;/q2*-1;;/t2*48-,49-;;/m00../s1. The van der Waals surface area contributed by atoms with Crippen molar-refractivity contribution in [3.8, 4) is 34.5 Å². The maximum absolute atomic E-state index is 14.3. The first-order valence-electron chi connectivity index (χ1n) is 51.8. The van der Waals surface area contributed by atoms with E-state index in [1.165, 1.54) is 44.5 Å². The van der Waals surface area contributed by atoms with Crippen LogP contribution in [0.3, 0.4) is 0 Å². The molecule has 32 heteroatoms. The van der Waals surface area contributed by atoms with Crippen LogP contribution in [0.4, 0.5) is 34.1 Å². The zero-order chi connectivity index (χ0) is 103. The molecule has 4 amide bonds. The molecule has 8 heterocycles. The van der Waals surface area contributed by atoms with Crippen LogP contribution in [0.15, 0.2) is 187 Å². The zero-order valence-electron chi connectivity index (χ0n) is 88.1. The van der Waals surface area contributed by atoms with E-state index in [2.05, 4.69) is 163 Å². The van der Waals surface area contributed by atoms with Gasteiger partial charge in [-0.1, -0.05) is 116 Å². The van der Waals surface area contributed by atoms with Gasteiger partial charge in [-0.3, -0.25) is 33.8 Å². The SMILES string of the molecule is CC=NCC(=O)CCCN(CCOCCOCCOC)c1cc(COc2cc3c(cc2C)C(=O)N2Cc4ccccc4C[C@H]2[CH-]N3C)cc(COc2cc3c(cc2OC)C(=O)N2Cc4ccccc4C[C@H]2CN3)c1.CCNCC(=O)CCCN(CCOCCOCCOC)c1cc(COc2cc3c(cc2C)C(=O)N2Cc4ccccc4C[C@H]2[CH-]N3C)cc(COc2cc3c(cc2OC)C(=O)N2Cc4ccccc4C[C@H]2CN3)c1.[Y].[Y]. The second kappa shape index (κ2) is 54.7. The number of hydrogen-bond donors (Lipinski definition) is 3. The normalized spacial score (nSPS) is 16.5. The molecule has 0 saturated carbocycles. The van der Waals surface area contributed by atoms with Crippen molar-refractivity contribution in [2.75, 3.05) is 198 Å². The third-order valence-electron chi connectivity index (χ3n) is 28.8. The summed E-state index contributed by atoms with van der Waals surface area (Å²) in [7, 11) is 10.5. The zero-order valence-corrected chi connectivity index (χ0v) is 93.8. The smallest absolute Gasteiger partial charge is 0.256 e. The molecule has 0 saturated heterocycles. The molecule has 0 fully saturated rings. The number of anilines is 6. The number of rotatable bonds is 47. The van der Waals surface area contributed by atoms with Gasteiger partial charge in [-0.15, -0.1) is 0 Å². The van der Waals surface area contributed by atoms with Crippen LogP contribution < -0.4 is 64.0 Å². The summed E-state index contributed by atoms with van der Waals surface area (Å²) in [6, 6.07) is 61.1. The number of fused-ring (bicyclic) bond motifs is 12. The molecule has 8 aliphatic heterocycles. The fraction of sp³-hybridized carbons (Fsp3) is 0.415. The first-order valence-corrected chi connectivity index (χ1v) is 51.8. The van der Waals surface area contributed by atoms with E-state index >= 15 is 0 Å². The minimum Gasteiger partial charge on any atom is -0.522 e. The van der Waals surface area contributed by atoms with Crippen LogP contribution >= 0.6 is 0 Å². The topological polar surface area (TPSA) is 288 Å². The van der Waals surface area contributed by atoms with E-state index in [1.807, 2.05) is 122 Å². The van der Waals surface area contributed by atoms with E-state index in [4.69, 9.17) is 56.8 Å². The number of methoxy groups -OCH3 is 4. The number of nitrogens with one attached hydrogen (secondary N) is 3. The second-order valence-electron chi connectivity index (χ2n) is 39.0. The number of aliphatic imine (C=N–C) groups is 1. The first-order chi connectivity index (χ1) is 72.2. The quantitative estimate of drug-likeness (QED) is 0.0181. The number of ketones is 2. The van der Waals surface area contributed by atoms with Crippen LogP contribution in [-0.2, 0) is 182 Å². The number of aryl methyl sites for hydroxylation is 2. The monoisotopic (exact) mass is 2190 g/mol. The Morgan fingerprint density at radius 2 is 0.767 bits per heavy atom. The van der Waals surface area contributed by atoms with E-state index < -0.39 is 0 Å². The van der Waals surface area contributed by atoms with Crippen molar-refractivity contribution in [1.29, 1.82) is 0 Å². The molecule has 788 valence electrons. The van der Waals surface area contributed by atoms with Gasteiger partial charge in [0, 0.05) is 205 Å². The molecule has 10 aromatic rings. The maximum atomic E-state index is 14.3. The van der Waals surface area contributed by atoms with Crippen molar-refractivity contribution >= 4 is 75.5 Å². The molecule has 4 atom stereocenters. The van der Waals surface area contributed by atoms with Crippen LogP contribution in [0.2, 0.25) is 0 Å². The van der Waals surface area contributed by atoms with Crippen LogP contribution in [0.1, 0.15) is 159 Å². The predicted molar refractivity (Wildman–Crippen MR) is 574 cm³/mol. The Morgan fingerprint density at radius 3 is 1.15 bits per heavy atom. The van der Waals surface area contributed by atoms with E-state index in [-0.39, 0.29) is 158 Å². The molecule has 0 aromatic heterocycles. The third kappa shape index (κ3) is 28.2. The van der Waals surface area contributed by atoms with Crippen molar-refractivity contribution in [1.82, 2.24) is 24.9 Å². The summed E-state index contributed by atoms with van der Waals surface area (Å²) in [6.45, 7) is 24.5. The van der Waals surface area contributed by atoms with E-state index in [0.29, 0.717) is 232 Å². The maximum Gasteiger partial charge on any atom is 0.256 e. The molecule has 8 aliphatic rings. The fourth-order valence-electron chi connectivity index (χ4n) is 20.9. The Bertz CT molecular complexity index is 6390. The molecular weight excluding hydrogens is 2050 g/mol. The Labute approximate surface area is 932 Å². The molecule has 0 unspecified atom stereocenters. The largest absolute Gasteiger partial charge is 0.522 e. The second-order valence-corrected chi connectivity index (χ2v) is 39.0.